The standard InChI is InChI=1S/C15H11Cl2NO2/c16-14-6-5-13(9-15(14)17)20-8-7-19-12-3-1-11(10-18)2-4-12/h1-6,9H,7-8H2. The summed E-state index contributed by atoms with van der Waals surface area (Å²) in [7, 11) is 0. The fraction of sp³-hybridized carbons (Fsp3) is 0.133. The summed E-state index contributed by atoms with van der Waals surface area (Å²) in [4.78, 5) is 0. The minimum atomic E-state index is 0.387. The topological polar surface area (TPSA) is 42.2 Å². The molecule has 0 atom stereocenters. The lowest BCUT2D eigenvalue weighted by atomic mass is 10.2. The fourth-order valence-corrected chi connectivity index (χ4v) is 1.80. The van der Waals surface area contributed by atoms with Crippen molar-refractivity contribution in [3.05, 3.63) is 58.1 Å². The first-order valence-electron chi connectivity index (χ1n) is 5.90. The van der Waals surface area contributed by atoms with Crippen molar-refractivity contribution in [1.82, 2.24) is 0 Å². The van der Waals surface area contributed by atoms with Crippen LogP contribution in [-0.4, -0.2) is 13.2 Å². The van der Waals surface area contributed by atoms with Gasteiger partial charge in [-0.2, -0.15) is 5.26 Å². The van der Waals surface area contributed by atoms with Gasteiger partial charge in [0.05, 0.1) is 21.7 Å². The van der Waals surface area contributed by atoms with E-state index in [1.807, 2.05) is 6.07 Å². The third kappa shape index (κ3) is 4.06. The number of hydrogen-bond donors (Lipinski definition) is 0. The maximum Gasteiger partial charge on any atom is 0.122 e. The molecule has 2 rings (SSSR count). The zero-order valence-corrected chi connectivity index (χ0v) is 12.0. The molecule has 102 valence electrons. The van der Waals surface area contributed by atoms with Gasteiger partial charge in [0, 0.05) is 6.07 Å². The van der Waals surface area contributed by atoms with Crippen LogP contribution in [0.25, 0.3) is 0 Å². The highest BCUT2D eigenvalue weighted by Crippen LogP contribution is 2.26. The molecule has 2 aromatic rings. The number of nitriles is 1. The summed E-state index contributed by atoms with van der Waals surface area (Å²) in [5, 5.41) is 9.63. The van der Waals surface area contributed by atoms with Gasteiger partial charge in [-0.15, -0.1) is 0 Å². The Hall–Kier alpha value is -1.89. The number of nitrogens with zero attached hydrogens (tertiary/aromatic N) is 1. The highest BCUT2D eigenvalue weighted by Gasteiger charge is 2.00. The quantitative estimate of drug-likeness (QED) is 0.772. The van der Waals surface area contributed by atoms with Crippen LogP contribution >= 0.6 is 23.2 Å². The van der Waals surface area contributed by atoms with E-state index < -0.39 is 0 Å². The lowest BCUT2D eigenvalue weighted by molar-refractivity contribution is 0.217. The van der Waals surface area contributed by atoms with E-state index in [1.165, 1.54) is 0 Å². The molecule has 3 nitrogen and oxygen atoms in total. The minimum absolute atomic E-state index is 0.387. The summed E-state index contributed by atoms with van der Waals surface area (Å²) < 4.78 is 11.0. The Morgan fingerprint density at radius 1 is 0.850 bits per heavy atom. The molecule has 0 saturated carbocycles. The Morgan fingerprint density at radius 3 is 2.05 bits per heavy atom. The van der Waals surface area contributed by atoms with Gasteiger partial charge in [-0.25, -0.2) is 0 Å². The highest BCUT2D eigenvalue weighted by molar-refractivity contribution is 6.42. The van der Waals surface area contributed by atoms with Gasteiger partial charge in [-0.05, 0) is 36.4 Å². The van der Waals surface area contributed by atoms with Crippen molar-refractivity contribution in [1.29, 1.82) is 5.26 Å². The molecule has 20 heavy (non-hydrogen) atoms. The predicted octanol–water partition coefficient (Wildman–Crippen LogP) is 4.32. The summed E-state index contributed by atoms with van der Waals surface area (Å²) in [6, 6.07) is 14.0. The van der Waals surface area contributed by atoms with Crippen molar-refractivity contribution in [2.45, 2.75) is 0 Å². The second kappa shape index (κ2) is 7.04. The van der Waals surface area contributed by atoms with Gasteiger partial charge in [-0.1, -0.05) is 23.2 Å². The monoisotopic (exact) mass is 307 g/mol. The molecule has 0 saturated heterocycles. The molecule has 0 heterocycles. The van der Waals surface area contributed by atoms with Crippen molar-refractivity contribution >= 4 is 23.2 Å². The van der Waals surface area contributed by atoms with E-state index in [-0.39, 0.29) is 0 Å². The zero-order valence-electron chi connectivity index (χ0n) is 10.5. The van der Waals surface area contributed by atoms with Crippen molar-refractivity contribution in [2.24, 2.45) is 0 Å². The molecule has 0 radical (unpaired) electrons. The number of ether oxygens (including phenoxy) is 2. The van der Waals surface area contributed by atoms with Crippen LogP contribution in [0.3, 0.4) is 0 Å². The summed E-state index contributed by atoms with van der Waals surface area (Å²) in [6.45, 7) is 0.782. The van der Waals surface area contributed by atoms with Crippen LogP contribution in [0, 0.1) is 11.3 Å². The Morgan fingerprint density at radius 2 is 1.45 bits per heavy atom. The molecule has 0 bridgehead atoms. The van der Waals surface area contributed by atoms with Gasteiger partial charge >= 0.3 is 0 Å². The average molecular weight is 308 g/mol. The average Bonchev–Trinajstić information content (AvgIpc) is 2.48. The van der Waals surface area contributed by atoms with E-state index in [0.717, 1.165) is 0 Å². The number of rotatable bonds is 5. The van der Waals surface area contributed by atoms with E-state index in [1.54, 1.807) is 42.5 Å². The highest BCUT2D eigenvalue weighted by atomic mass is 35.5. The molecule has 5 heteroatoms. The van der Waals surface area contributed by atoms with Crippen molar-refractivity contribution in [3.63, 3.8) is 0 Å². The second-order valence-electron chi connectivity index (χ2n) is 3.91. The molecule has 2 aromatic carbocycles. The summed E-state index contributed by atoms with van der Waals surface area (Å²) in [5.74, 6) is 1.34. The Kier molecular flexibility index (Phi) is 5.11. The SMILES string of the molecule is N#Cc1ccc(OCCOc2ccc(Cl)c(Cl)c2)cc1. The fourth-order valence-electron chi connectivity index (χ4n) is 1.51. The Bertz CT molecular complexity index is 621. The number of benzene rings is 2. The molecule has 0 amide bonds. The van der Waals surface area contributed by atoms with E-state index in [4.69, 9.17) is 37.9 Å². The molecule has 0 aliphatic rings. The van der Waals surface area contributed by atoms with Crippen LogP contribution < -0.4 is 9.47 Å². The molecule has 0 aliphatic carbocycles. The maximum atomic E-state index is 8.68. The summed E-state index contributed by atoms with van der Waals surface area (Å²) in [6.07, 6.45) is 0. The van der Waals surface area contributed by atoms with E-state index in [9.17, 15) is 0 Å². The molecular formula is C15H11Cl2NO2. The molecule has 0 fully saturated rings. The first-order valence-corrected chi connectivity index (χ1v) is 6.65. The summed E-state index contributed by atoms with van der Waals surface area (Å²) >= 11 is 11.7. The molecular weight excluding hydrogens is 297 g/mol. The summed E-state index contributed by atoms with van der Waals surface area (Å²) in [5.41, 5.74) is 0.601. The first kappa shape index (κ1) is 14.5. The number of halogens is 2. The molecule has 0 aliphatic heterocycles. The zero-order chi connectivity index (χ0) is 14.4. The first-order chi connectivity index (χ1) is 9.69. The van der Waals surface area contributed by atoms with Gasteiger partial charge < -0.3 is 9.47 Å². The molecule has 0 aromatic heterocycles. The third-order valence-electron chi connectivity index (χ3n) is 2.50. The third-order valence-corrected chi connectivity index (χ3v) is 3.23. The predicted molar refractivity (Wildman–Crippen MR) is 78.6 cm³/mol. The maximum absolute atomic E-state index is 8.68. The van der Waals surface area contributed by atoms with E-state index >= 15 is 0 Å². The van der Waals surface area contributed by atoms with Crippen LogP contribution in [0.1, 0.15) is 5.56 Å². The van der Waals surface area contributed by atoms with Crippen molar-refractivity contribution in [3.8, 4) is 17.6 Å². The minimum Gasteiger partial charge on any atom is -0.490 e. The lowest BCUT2D eigenvalue weighted by Gasteiger charge is -2.09. The van der Waals surface area contributed by atoms with E-state index in [0.29, 0.717) is 40.3 Å². The van der Waals surface area contributed by atoms with Gasteiger partial charge in [0.25, 0.3) is 0 Å². The Balaban J connectivity index is 1.78. The van der Waals surface area contributed by atoms with Gasteiger partial charge in [0.15, 0.2) is 0 Å². The number of hydrogen-bond acceptors (Lipinski definition) is 3. The molecule has 0 N–H and O–H groups in total. The Labute approximate surface area is 127 Å². The smallest absolute Gasteiger partial charge is 0.122 e. The van der Waals surface area contributed by atoms with Crippen LogP contribution in [0.5, 0.6) is 11.5 Å². The molecule has 0 unspecified atom stereocenters. The lowest BCUT2D eigenvalue weighted by Crippen LogP contribution is -2.08. The van der Waals surface area contributed by atoms with Gasteiger partial charge in [-0.3, -0.25) is 0 Å². The van der Waals surface area contributed by atoms with Gasteiger partial charge in [0.1, 0.15) is 24.7 Å². The second-order valence-corrected chi connectivity index (χ2v) is 4.72. The van der Waals surface area contributed by atoms with Crippen LogP contribution in [0.15, 0.2) is 42.5 Å². The largest absolute Gasteiger partial charge is 0.490 e. The van der Waals surface area contributed by atoms with Crippen molar-refractivity contribution < 1.29 is 9.47 Å². The van der Waals surface area contributed by atoms with Gasteiger partial charge in [0.2, 0.25) is 0 Å². The van der Waals surface area contributed by atoms with Crippen LogP contribution in [0.2, 0.25) is 10.0 Å². The van der Waals surface area contributed by atoms with Crippen molar-refractivity contribution in [2.75, 3.05) is 13.2 Å². The van der Waals surface area contributed by atoms with Crippen LogP contribution in [-0.2, 0) is 0 Å². The van der Waals surface area contributed by atoms with E-state index in [2.05, 4.69) is 0 Å². The normalized spacial score (nSPS) is 9.85. The van der Waals surface area contributed by atoms with Crippen LogP contribution in [0.4, 0.5) is 0 Å². The molecule has 0 spiro atoms.